The molecule has 0 fully saturated rings. The fraction of sp³-hybridized carbons (Fsp3) is 0. The zero-order chi connectivity index (χ0) is 27.6. The maximum absolute atomic E-state index is 6.01. The number of para-hydroxylation sites is 2. The molecule has 0 saturated heterocycles. The molecule has 0 radical (unpaired) electrons. The van der Waals surface area contributed by atoms with Gasteiger partial charge in [0, 0.05) is 33.3 Å². The smallest absolute Gasteiger partial charge is 0.137 e. The molecule has 0 bridgehead atoms. The normalized spacial score (nSPS) is 11.8. The van der Waals surface area contributed by atoms with Crippen LogP contribution in [0.1, 0.15) is 0 Å². The predicted molar refractivity (Wildman–Crippen MR) is 174 cm³/mol. The molecule has 196 valence electrons. The molecule has 0 spiro atoms. The molecule has 0 aliphatic rings. The highest BCUT2D eigenvalue weighted by molar-refractivity contribution is 6.21. The largest absolute Gasteiger partial charge is 0.456 e. The number of hydrogen-bond donors (Lipinski definition) is 0. The van der Waals surface area contributed by atoms with Crippen molar-refractivity contribution >= 4 is 54.5 Å². The maximum Gasteiger partial charge on any atom is 0.137 e. The van der Waals surface area contributed by atoms with Gasteiger partial charge in [0.25, 0.3) is 0 Å². The van der Waals surface area contributed by atoms with Gasteiger partial charge >= 0.3 is 0 Å². The van der Waals surface area contributed by atoms with Gasteiger partial charge in [-0.05, 0) is 69.9 Å². The van der Waals surface area contributed by atoms with Crippen LogP contribution in [0.2, 0.25) is 0 Å². The topological polar surface area (TPSA) is 31.0 Å². The predicted octanol–water partition coefficient (Wildman–Crippen LogP) is 10.6. The lowest BCUT2D eigenvalue weighted by atomic mass is 10.00. The third-order valence-corrected chi connectivity index (χ3v) is 8.47. The highest BCUT2D eigenvalue weighted by Gasteiger charge is 2.15. The van der Waals surface area contributed by atoms with Gasteiger partial charge in [-0.1, -0.05) is 97.1 Å². The van der Waals surface area contributed by atoms with Gasteiger partial charge in [-0.25, -0.2) is 4.98 Å². The average Bonchev–Trinajstić information content (AvgIpc) is 3.60. The molecule has 9 rings (SSSR count). The Kier molecular flexibility index (Phi) is 4.90. The van der Waals surface area contributed by atoms with Gasteiger partial charge in [-0.15, -0.1) is 0 Å². The molecule has 3 aromatic heterocycles. The van der Waals surface area contributed by atoms with Gasteiger partial charge in [0.15, 0.2) is 0 Å². The summed E-state index contributed by atoms with van der Waals surface area (Å²) in [5, 5.41) is 7.32. The first-order valence-corrected chi connectivity index (χ1v) is 14.2. The first kappa shape index (κ1) is 23.1. The van der Waals surface area contributed by atoms with Gasteiger partial charge in [-0.3, -0.25) is 4.57 Å². The third-order valence-electron chi connectivity index (χ3n) is 8.47. The first-order chi connectivity index (χ1) is 20.8. The van der Waals surface area contributed by atoms with Gasteiger partial charge in [0.1, 0.15) is 17.0 Å². The van der Waals surface area contributed by atoms with Crippen molar-refractivity contribution in [1.29, 1.82) is 0 Å². The van der Waals surface area contributed by atoms with Crippen LogP contribution in [0.5, 0.6) is 0 Å². The summed E-state index contributed by atoms with van der Waals surface area (Å²) in [7, 11) is 0. The van der Waals surface area contributed by atoms with Crippen LogP contribution < -0.4 is 0 Å². The second-order valence-corrected chi connectivity index (χ2v) is 10.8. The Morgan fingerprint density at radius 3 is 1.95 bits per heavy atom. The molecule has 0 unspecified atom stereocenters. The van der Waals surface area contributed by atoms with E-state index in [9.17, 15) is 0 Å². The number of benzene rings is 6. The molecule has 0 saturated carbocycles. The Balaban J connectivity index is 1.09. The van der Waals surface area contributed by atoms with Crippen molar-refractivity contribution in [1.82, 2.24) is 9.55 Å². The summed E-state index contributed by atoms with van der Waals surface area (Å²) in [6, 6.07) is 49.3. The Hall–Kier alpha value is -5.67. The number of pyridine rings is 1. The van der Waals surface area contributed by atoms with Crippen LogP contribution in [0.4, 0.5) is 0 Å². The fourth-order valence-corrected chi connectivity index (χ4v) is 6.44. The van der Waals surface area contributed by atoms with Gasteiger partial charge < -0.3 is 4.42 Å². The minimum Gasteiger partial charge on any atom is -0.456 e. The van der Waals surface area contributed by atoms with Crippen molar-refractivity contribution in [2.45, 2.75) is 0 Å². The highest BCUT2D eigenvalue weighted by atomic mass is 16.3. The van der Waals surface area contributed by atoms with E-state index < -0.39 is 0 Å². The number of aromatic nitrogens is 2. The summed E-state index contributed by atoms with van der Waals surface area (Å²) >= 11 is 0. The second kappa shape index (κ2) is 8.92. The number of furan rings is 1. The number of fused-ring (bicyclic) bond motifs is 8. The van der Waals surface area contributed by atoms with Gasteiger partial charge in [0.2, 0.25) is 0 Å². The Morgan fingerprint density at radius 1 is 0.452 bits per heavy atom. The lowest BCUT2D eigenvalue weighted by Gasteiger charge is -2.09. The summed E-state index contributed by atoms with van der Waals surface area (Å²) in [5.74, 6) is 0.914. The first-order valence-electron chi connectivity index (χ1n) is 14.2. The van der Waals surface area contributed by atoms with E-state index in [4.69, 9.17) is 9.40 Å². The van der Waals surface area contributed by atoms with Crippen LogP contribution in [-0.2, 0) is 0 Å². The zero-order valence-corrected chi connectivity index (χ0v) is 22.7. The molecule has 0 atom stereocenters. The Labute approximate surface area is 241 Å². The molecular weight excluding hydrogens is 512 g/mol. The van der Waals surface area contributed by atoms with Crippen molar-refractivity contribution < 1.29 is 4.42 Å². The molecule has 6 aromatic carbocycles. The average molecular weight is 537 g/mol. The van der Waals surface area contributed by atoms with Crippen LogP contribution in [0.15, 0.2) is 150 Å². The zero-order valence-electron chi connectivity index (χ0n) is 22.7. The standard InChI is InChI=1S/C39H24N2O/c1-2-8-30-27(7-1)17-20-35-39(30)32-10-3-5-11-34(32)41(35)38-22-19-29(24-40-38)26-15-13-25(14-16-26)28-18-21-37-33(23-28)31-9-4-6-12-36(31)42-37/h1-24H. The van der Waals surface area contributed by atoms with Gasteiger partial charge in [-0.2, -0.15) is 0 Å². The molecule has 9 aromatic rings. The number of hydrogen-bond acceptors (Lipinski definition) is 2. The molecule has 0 amide bonds. The monoisotopic (exact) mass is 536 g/mol. The Bertz CT molecular complexity index is 2450. The van der Waals surface area contributed by atoms with E-state index in [1.165, 1.54) is 38.2 Å². The molecular formula is C39H24N2O. The van der Waals surface area contributed by atoms with E-state index in [0.29, 0.717) is 0 Å². The quantitative estimate of drug-likeness (QED) is 0.225. The van der Waals surface area contributed by atoms with E-state index in [1.54, 1.807) is 0 Å². The van der Waals surface area contributed by atoms with E-state index in [1.807, 2.05) is 18.3 Å². The molecule has 0 N–H and O–H groups in total. The molecule has 3 heteroatoms. The van der Waals surface area contributed by atoms with Crippen molar-refractivity contribution in [2.24, 2.45) is 0 Å². The van der Waals surface area contributed by atoms with E-state index in [2.05, 4.69) is 132 Å². The van der Waals surface area contributed by atoms with Crippen molar-refractivity contribution in [2.75, 3.05) is 0 Å². The van der Waals surface area contributed by atoms with Gasteiger partial charge in [0.05, 0.1) is 11.0 Å². The second-order valence-electron chi connectivity index (χ2n) is 10.8. The minimum atomic E-state index is 0.914. The summed E-state index contributed by atoms with van der Waals surface area (Å²) in [6.45, 7) is 0. The molecule has 42 heavy (non-hydrogen) atoms. The van der Waals surface area contributed by atoms with Crippen LogP contribution in [0.25, 0.3) is 82.6 Å². The maximum atomic E-state index is 6.01. The van der Waals surface area contributed by atoms with E-state index in [0.717, 1.165) is 44.4 Å². The van der Waals surface area contributed by atoms with Crippen LogP contribution in [0, 0.1) is 0 Å². The van der Waals surface area contributed by atoms with Crippen LogP contribution in [-0.4, -0.2) is 9.55 Å². The lowest BCUT2D eigenvalue weighted by Crippen LogP contribution is -1.97. The SMILES string of the molecule is c1ccc2c(c1)ccc1c2c2ccccc2n1-c1ccc(-c2ccc(-c3ccc4oc5ccccc5c4c3)cc2)cn1. The fourth-order valence-electron chi connectivity index (χ4n) is 6.44. The van der Waals surface area contributed by atoms with Crippen LogP contribution >= 0.6 is 0 Å². The van der Waals surface area contributed by atoms with E-state index in [-0.39, 0.29) is 0 Å². The lowest BCUT2D eigenvalue weighted by molar-refractivity contribution is 0.669. The molecule has 3 heterocycles. The summed E-state index contributed by atoms with van der Waals surface area (Å²) < 4.78 is 8.29. The summed E-state index contributed by atoms with van der Waals surface area (Å²) in [4.78, 5) is 4.97. The molecule has 3 nitrogen and oxygen atoms in total. The molecule has 0 aliphatic carbocycles. The molecule has 0 aliphatic heterocycles. The number of nitrogens with zero attached hydrogens (tertiary/aromatic N) is 2. The highest BCUT2D eigenvalue weighted by Crippen LogP contribution is 2.37. The number of rotatable bonds is 3. The third kappa shape index (κ3) is 3.44. The van der Waals surface area contributed by atoms with Crippen molar-refractivity contribution in [3.05, 3.63) is 146 Å². The summed E-state index contributed by atoms with van der Waals surface area (Å²) in [5.41, 5.74) is 8.75. The van der Waals surface area contributed by atoms with E-state index >= 15 is 0 Å². The summed E-state index contributed by atoms with van der Waals surface area (Å²) in [6.07, 6.45) is 1.98. The van der Waals surface area contributed by atoms with Crippen molar-refractivity contribution in [3.8, 4) is 28.1 Å². The minimum absolute atomic E-state index is 0.914. The Morgan fingerprint density at radius 2 is 1.12 bits per heavy atom. The van der Waals surface area contributed by atoms with Crippen molar-refractivity contribution in [3.63, 3.8) is 0 Å². The van der Waals surface area contributed by atoms with Crippen LogP contribution in [0.3, 0.4) is 0 Å².